The second-order valence-electron chi connectivity index (χ2n) is 3.57. The van der Waals surface area contributed by atoms with Crippen LogP contribution in [0.4, 0.5) is 0 Å². The maximum Gasteiger partial charge on any atom is 0.145 e. The molecule has 0 fully saturated rings. The van der Waals surface area contributed by atoms with E-state index < -0.39 is 0 Å². The highest BCUT2D eigenvalue weighted by atomic mass is 35.5. The van der Waals surface area contributed by atoms with Gasteiger partial charge in [-0.1, -0.05) is 29.8 Å². The van der Waals surface area contributed by atoms with Gasteiger partial charge in [-0.2, -0.15) is 5.26 Å². The maximum atomic E-state index is 8.96. The quantitative estimate of drug-likeness (QED) is 0.787. The van der Waals surface area contributed by atoms with E-state index in [0.29, 0.717) is 22.1 Å². The van der Waals surface area contributed by atoms with Crippen molar-refractivity contribution in [1.29, 1.82) is 5.26 Å². The molecule has 0 saturated carbocycles. The molecule has 2 rings (SSSR count). The minimum absolute atomic E-state index is 0.506. The fraction of sp³-hybridized carbons (Fsp3) is 0.0714. The van der Waals surface area contributed by atoms with Gasteiger partial charge in [-0.15, -0.1) is 0 Å². The number of ether oxygens (including phenoxy) is 1. The maximum absolute atomic E-state index is 8.96. The number of hydrogen-bond acceptors (Lipinski definition) is 2. The third-order valence-electron chi connectivity index (χ3n) is 2.45. The third kappa shape index (κ3) is 2.41. The molecule has 0 heterocycles. The molecule has 0 aliphatic heterocycles. The molecule has 0 unspecified atom stereocenters. The van der Waals surface area contributed by atoms with Crippen LogP contribution in [0, 0.1) is 18.3 Å². The van der Waals surface area contributed by atoms with E-state index in [1.165, 1.54) is 0 Å². The molecule has 0 bridgehead atoms. The standard InChI is InChI=1S/C14H10ClNO/c1-10-12(15)6-4-8-13(10)17-14-7-3-2-5-11(14)9-16/h2-8H,1H3. The van der Waals surface area contributed by atoms with E-state index in [1.807, 2.05) is 25.1 Å². The number of halogens is 1. The number of nitrogens with zero attached hydrogens (tertiary/aromatic N) is 1. The molecule has 0 radical (unpaired) electrons. The van der Waals surface area contributed by atoms with Crippen LogP contribution in [0.2, 0.25) is 5.02 Å². The van der Waals surface area contributed by atoms with E-state index in [1.54, 1.807) is 24.3 Å². The van der Waals surface area contributed by atoms with Gasteiger partial charge in [0.15, 0.2) is 0 Å². The Bertz CT molecular complexity index is 587. The lowest BCUT2D eigenvalue weighted by atomic mass is 10.2. The first-order valence-corrected chi connectivity index (χ1v) is 5.52. The summed E-state index contributed by atoms with van der Waals surface area (Å²) < 4.78 is 5.71. The predicted molar refractivity (Wildman–Crippen MR) is 67.4 cm³/mol. The summed E-state index contributed by atoms with van der Waals surface area (Å²) in [6, 6.07) is 14.7. The molecule has 0 aromatic heterocycles. The fourth-order valence-electron chi connectivity index (χ4n) is 1.46. The van der Waals surface area contributed by atoms with Gasteiger partial charge >= 0.3 is 0 Å². The zero-order valence-corrected chi connectivity index (χ0v) is 10.0. The number of rotatable bonds is 2. The van der Waals surface area contributed by atoms with Crippen LogP contribution >= 0.6 is 11.6 Å². The predicted octanol–water partition coefficient (Wildman–Crippen LogP) is 4.31. The van der Waals surface area contributed by atoms with Crippen LogP contribution in [0.1, 0.15) is 11.1 Å². The Morgan fingerprint density at radius 1 is 1.06 bits per heavy atom. The zero-order valence-electron chi connectivity index (χ0n) is 9.27. The molecule has 3 heteroatoms. The van der Waals surface area contributed by atoms with Crippen molar-refractivity contribution in [2.45, 2.75) is 6.92 Å². The van der Waals surface area contributed by atoms with Crippen molar-refractivity contribution in [3.63, 3.8) is 0 Å². The molecule has 0 amide bonds. The van der Waals surface area contributed by atoms with Gasteiger partial charge in [-0.05, 0) is 31.2 Å². The van der Waals surface area contributed by atoms with Crippen LogP contribution in [-0.4, -0.2) is 0 Å². The summed E-state index contributed by atoms with van der Waals surface area (Å²) in [5.74, 6) is 1.21. The van der Waals surface area contributed by atoms with E-state index >= 15 is 0 Å². The molecular formula is C14H10ClNO. The lowest BCUT2D eigenvalue weighted by Crippen LogP contribution is -1.90. The lowest BCUT2D eigenvalue weighted by Gasteiger charge is -2.10. The molecular weight excluding hydrogens is 234 g/mol. The first-order valence-electron chi connectivity index (χ1n) is 5.14. The van der Waals surface area contributed by atoms with Crippen molar-refractivity contribution in [2.24, 2.45) is 0 Å². The first-order chi connectivity index (χ1) is 8.22. The van der Waals surface area contributed by atoms with Crippen LogP contribution in [0.3, 0.4) is 0 Å². The average Bonchev–Trinajstić information content (AvgIpc) is 2.35. The van der Waals surface area contributed by atoms with Crippen LogP contribution in [0.25, 0.3) is 0 Å². The molecule has 0 aliphatic carbocycles. The van der Waals surface area contributed by atoms with Gasteiger partial charge in [-0.25, -0.2) is 0 Å². The largest absolute Gasteiger partial charge is 0.456 e. The van der Waals surface area contributed by atoms with E-state index in [4.69, 9.17) is 21.6 Å². The third-order valence-corrected chi connectivity index (χ3v) is 2.85. The minimum atomic E-state index is 0.506. The molecule has 0 spiro atoms. The second-order valence-corrected chi connectivity index (χ2v) is 3.98. The van der Waals surface area contributed by atoms with Gasteiger partial charge in [0.05, 0.1) is 5.56 Å². The van der Waals surface area contributed by atoms with Crippen molar-refractivity contribution in [2.75, 3.05) is 0 Å². The monoisotopic (exact) mass is 243 g/mol. The molecule has 0 N–H and O–H groups in total. The summed E-state index contributed by atoms with van der Waals surface area (Å²) in [5.41, 5.74) is 1.37. The van der Waals surface area contributed by atoms with Crippen molar-refractivity contribution < 1.29 is 4.74 Å². The van der Waals surface area contributed by atoms with Gasteiger partial charge in [0.2, 0.25) is 0 Å². The molecule has 0 saturated heterocycles. The minimum Gasteiger partial charge on any atom is -0.456 e. The van der Waals surface area contributed by atoms with Crippen LogP contribution in [0.15, 0.2) is 42.5 Å². The van der Waals surface area contributed by atoms with Gasteiger partial charge in [0.1, 0.15) is 17.6 Å². The highest BCUT2D eigenvalue weighted by Crippen LogP contribution is 2.30. The summed E-state index contributed by atoms with van der Waals surface area (Å²) in [4.78, 5) is 0. The SMILES string of the molecule is Cc1c(Cl)cccc1Oc1ccccc1C#N. The van der Waals surface area contributed by atoms with Crippen LogP contribution < -0.4 is 4.74 Å². The molecule has 2 aromatic carbocycles. The number of hydrogen-bond donors (Lipinski definition) is 0. The Hall–Kier alpha value is -1.98. The van der Waals surface area contributed by atoms with E-state index in [9.17, 15) is 0 Å². The van der Waals surface area contributed by atoms with Gasteiger partial charge in [-0.3, -0.25) is 0 Å². The van der Waals surface area contributed by atoms with Gasteiger partial charge in [0, 0.05) is 10.6 Å². The Balaban J connectivity index is 2.39. The highest BCUT2D eigenvalue weighted by molar-refractivity contribution is 6.31. The topological polar surface area (TPSA) is 33.0 Å². The Morgan fingerprint density at radius 3 is 2.53 bits per heavy atom. The smallest absolute Gasteiger partial charge is 0.145 e. The van der Waals surface area contributed by atoms with Crippen LogP contribution in [0.5, 0.6) is 11.5 Å². The molecule has 84 valence electrons. The number of benzene rings is 2. The molecule has 0 atom stereocenters. The zero-order chi connectivity index (χ0) is 12.3. The first kappa shape index (κ1) is 11.5. The molecule has 2 aromatic rings. The second kappa shape index (κ2) is 4.90. The van der Waals surface area contributed by atoms with Gasteiger partial charge < -0.3 is 4.74 Å². The molecule has 2 nitrogen and oxygen atoms in total. The number of nitriles is 1. The Kier molecular flexibility index (Phi) is 3.32. The van der Waals surface area contributed by atoms with E-state index in [0.717, 1.165) is 5.56 Å². The van der Waals surface area contributed by atoms with Crippen molar-refractivity contribution in [3.8, 4) is 17.6 Å². The van der Waals surface area contributed by atoms with Crippen molar-refractivity contribution in [3.05, 3.63) is 58.6 Å². The molecule has 0 aliphatic rings. The Labute approximate surface area is 105 Å². The highest BCUT2D eigenvalue weighted by Gasteiger charge is 2.07. The summed E-state index contributed by atoms with van der Waals surface area (Å²) in [7, 11) is 0. The lowest BCUT2D eigenvalue weighted by molar-refractivity contribution is 0.477. The van der Waals surface area contributed by atoms with Crippen molar-refractivity contribution in [1.82, 2.24) is 0 Å². The van der Waals surface area contributed by atoms with Gasteiger partial charge in [0.25, 0.3) is 0 Å². The Morgan fingerprint density at radius 2 is 1.76 bits per heavy atom. The van der Waals surface area contributed by atoms with E-state index in [-0.39, 0.29) is 0 Å². The fourth-order valence-corrected chi connectivity index (χ4v) is 1.63. The average molecular weight is 244 g/mol. The molecule has 17 heavy (non-hydrogen) atoms. The van der Waals surface area contributed by atoms with Crippen LogP contribution in [-0.2, 0) is 0 Å². The summed E-state index contributed by atoms with van der Waals surface area (Å²) in [6.07, 6.45) is 0. The van der Waals surface area contributed by atoms with Crippen molar-refractivity contribution >= 4 is 11.6 Å². The summed E-state index contributed by atoms with van der Waals surface area (Å²) in [6.45, 7) is 1.88. The van der Waals surface area contributed by atoms with E-state index in [2.05, 4.69) is 6.07 Å². The summed E-state index contributed by atoms with van der Waals surface area (Å²) >= 11 is 6.01. The summed E-state index contributed by atoms with van der Waals surface area (Å²) in [5, 5.41) is 9.61. The normalized spacial score (nSPS) is 9.71. The number of para-hydroxylation sites is 1.